The number of carbonyl (C=O) groups is 2. The maximum Gasteiger partial charge on any atom is 0.317 e. The second-order valence-corrected chi connectivity index (χ2v) is 7.51. The fraction of sp³-hybridized carbons (Fsp3) is 0.300. The first-order valence-electron chi connectivity index (χ1n) is 8.68. The number of nitrogens with zero attached hydrogens (tertiary/aromatic N) is 1. The van der Waals surface area contributed by atoms with Crippen LogP contribution in [0.4, 0.5) is 4.79 Å². The van der Waals surface area contributed by atoms with E-state index >= 15 is 0 Å². The molecule has 7 heteroatoms. The van der Waals surface area contributed by atoms with Gasteiger partial charge >= 0.3 is 12.0 Å². The number of aliphatic carboxylic acids is 1. The number of amides is 2. The van der Waals surface area contributed by atoms with Crippen molar-refractivity contribution in [1.82, 2.24) is 10.2 Å². The summed E-state index contributed by atoms with van der Waals surface area (Å²) in [5.74, 6) is -1.11. The lowest BCUT2D eigenvalue weighted by atomic mass is 9.87. The zero-order valence-corrected chi connectivity index (χ0v) is 16.1. The Morgan fingerprint density at radius 1 is 1.19 bits per heavy atom. The maximum absolute atomic E-state index is 12.6. The lowest BCUT2D eigenvalue weighted by Gasteiger charge is -2.41. The highest BCUT2D eigenvalue weighted by Gasteiger charge is 2.37. The molecule has 0 aromatic heterocycles. The third-order valence-corrected chi connectivity index (χ3v) is 5.38. The van der Waals surface area contributed by atoms with Crippen LogP contribution in [0.1, 0.15) is 17.5 Å². The smallest absolute Gasteiger partial charge is 0.317 e. The van der Waals surface area contributed by atoms with E-state index in [4.69, 9.17) is 23.2 Å². The second kappa shape index (κ2) is 8.63. The lowest BCUT2D eigenvalue weighted by molar-refractivity contribution is -0.138. The fourth-order valence-electron chi connectivity index (χ4n) is 3.45. The molecule has 27 heavy (non-hydrogen) atoms. The molecule has 3 rings (SSSR count). The Kier molecular flexibility index (Phi) is 6.24. The number of rotatable bonds is 6. The van der Waals surface area contributed by atoms with Gasteiger partial charge in [0.15, 0.2) is 0 Å². The number of carbonyl (C=O) groups excluding carboxylic acids is 1. The number of hydrogen-bond acceptors (Lipinski definition) is 2. The first-order valence-corrected chi connectivity index (χ1v) is 9.43. The summed E-state index contributed by atoms with van der Waals surface area (Å²) in [6.07, 6.45) is 0.440. The van der Waals surface area contributed by atoms with E-state index in [1.54, 1.807) is 17.0 Å². The van der Waals surface area contributed by atoms with Crippen molar-refractivity contribution >= 4 is 35.2 Å². The Labute approximate surface area is 167 Å². The highest BCUT2D eigenvalue weighted by atomic mass is 35.5. The molecule has 2 amide bonds. The van der Waals surface area contributed by atoms with E-state index in [0.29, 0.717) is 29.6 Å². The van der Waals surface area contributed by atoms with Crippen molar-refractivity contribution in [3.8, 4) is 0 Å². The number of carboxylic acid groups (broad SMARTS) is 1. The summed E-state index contributed by atoms with van der Waals surface area (Å²) < 4.78 is 0. The van der Waals surface area contributed by atoms with Gasteiger partial charge in [0.25, 0.3) is 0 Å². The first-order chi connectivity index (χ1) is 12.9. The molecule has 0 aliphatic carbocycles. The molecular formula is C20H20Cl2N2O3. The van der Waals surface area contributed by atoms with E-state index in [1.165, 1.54) is 0 Å². The van der Waals surface area contributed by atoms with Crippen molar-refractivity contribution in [2.24, 2.45) is 5.92 Å². The Balaban J connectivity index is 1.91. The molecule has 1 saturated heterocycles. The van der Waals surface area contributed by atoms with Gasteiger partial charge in [-0.3, -0.25) is 4.79 Å². The van der Waals surface area contributed by atoms with Crippen LogP contribution >= 0.6 is 23.2 Å². The Hall–Kier alpha value is -2.24. The molecular weight excluding hydrogens is 387 g/mol. The van der Waals surface area contributed by atoms with Crippen LogP contribution in [0, 0.1) is 5.92 Å². The van der Waals surface area contributed by atoms with E-state index in [0.717, 1.165) is 11.1 Å². The lowest BCUT2D eigenvalue weighted by Crippen LogP contribution is -2.58. The molecule has 0 radical (unpaired) electrons. The Morgan fingerprint density at radius 2 is 1.93 bits per heavy atom. The summed E-state index contributed by atoms with van der Waals surface area (Å²) in [5.41, 5.74) is 1.82. The van der Waals surface area contributed by atoms with Crippen LogP contribution in [0.3, 0.4) is 0 Å². The van der Waals surface area contributed by atoms with Crippen LogP contribution in [0.5, 0.6) is 0 Å². The fourth-order valence-corrected chi connectivity index (χ4v) is 3.94. The maximum atomic E-state index is 12.6. The van der Waals surface area contributed by atoms with Crippen molar-refractivity contribution in [3.63, 3.8) is 0 Å². The van der Waals surface area contributed by atoms with Crippen molar-refractivity contribution in [1.29, 1.82) is 0 Å². The summed E-state index contributed by atoms with van der Waals surface area (Å²) in [6.45, 7) is 0.727. The van der Waals surface area contributed by atoms with E-state index in [2.05, 4.69) is 5.32 Å². The minimum absolute atomic E-state index is 0.0263. The van der Waals surface area contributed by atoms with Gasteiger partial charge in [0.2, 0.25) is 0 Å². The van der Waals surface area contributed by atoms with Crippen LogP contribution in [-0.4, -0.2) is 34.6 Å². The van der Waals surface area contributed by atoms with Crippen molar-refractivity contribution in [3.05, 3.63) is 69.7 Å². The third-order valence-electron chi connectivity index (χ3n) is 4.80. The van der Waals surface area contributed by atoms with Crippen molar-refractivity contribution < 1.29 is 14.7 Å². The highest BCUT2D eigenvalue weighted by Crippen LogP contribution is 2.29. The predicted molar refractivity (Wildman–Crippen MR) is 105 cm³/mol. The zero-order chi connectivity index (χ0) is 19.4. The molecule has 2 aromatic carbocycles. The van der Waals surface area contributed by atoms with E-state index in [1.807, 2.05) is 36.4 Å². The molecule has 2 aromatic rings. The molecule has 1 heterocycles. The van der Waals surface area contributed by atoms with E-state index in [9.17, 15) is 14.7 Å². The standard InChI is InChI=1S/C20H20Cl2N2O3/c21-16-7-6-14(17(22)10-16)8-18-15(9-19(25)26)11-23-20(27)24(18)12-13-4-2-1-3-5-13/h1-7,10,15,18H,8-9,11-12H2,(H,23,27)(H,25,26). The Bertz CT molecular complexity index is 829. The molecule has 0 bridgehead atoms. The largest absolute Gasteiger partial charge is 0.481 e. The van der Waals surface area contributed by atoms with Gasteiger partial charge in [-0.25, -0.2) is 4.79 Å². The van der Waals surface area contributed by atoms with Gasteiger partial charge in [0.05, 0.1) is 6.42 Å². The molecule has 1 aliphatic heterocycles. The van der Waals surface area contributed by atoms with Gasteiger partial charge in [-0.2, -0.15) is 0 Å². The molecule has 2 unspecified atom stereocenters. The molecule has 0 saturated carbocycles. The third kappa shape index (κ3) is 4.93. The van der Waals surface area contributed by atoms with Crippen molar-refractivity contribution in [2.45, 2.75) is 25.4 Å². The number of hydrogen-bond donors (Lipinski definition) is 2. The van der Waals surface area contributed by atoms with Crippen LogP contribution < -0.4 is 5.32 Å². The number of urea groups is 1. The SMILES string of the molecule is O=C(O)CC1CNC(=O)N(Cc2ccccc2)C1Cc1ccc(Cl)cc1Cl. The summed E-state index contributed by atoms with van der Waals surface area (Å²) in [5, 5.41) is 13.2. The number of nitrogens with one attached hydrogen (secondary N) is 1. The summed E-state index contributed by atoms with van der Waals surface area (Å²) in [6, 6.07) is 14.4. The predicted octanol–water partition coefficient (Wildman–Crippen LogP) is 4.22. The van der Waals surface area contributed by atoms with Crippen LogP contribution in [0.2, 0.25) is 10.0 Å². The normalized spacial score (nSPS) is 19.6. The van der Waals surface area contributed by atoms with Gasteiger partial charge in [0.1, 0.15) is 0 Å². The molecule has 1 aliphatic rings. The molecule has 2 atom stereocenters. The number of carboxylic acids is 1. The molecule has 142 valence electrons. The van der Waals surface area contributed by atoms with Crippen LogP contribution in [0.15, 0.2) is 48.5 Å². The second-order valence-electron chi connectivity index (χ2n) is 6.66. The zero-order valence-electron chi connectivity index (χ0n) is 14.6. The van der Waals surface area contributed by atoms with Gasteiger partial charge in [-0.05, 0) is 29.7 Å². The quantitative estimate of drug-likeness (QED) is 0.754. The molecule has 0 spiro atoms. The highest BCUT2D eigenvalue weighted by molar-refractivity contribution is 6.35. The average molecular weight is 407 g/mol. The van der Waals surface area contributed by atoms with Gasteiger partial charge in [-0.1, -0.05) is 59.6 Å². The van der Waals surface area contributed by atoms with Gasteiger partial charge < -0.3 is 15.3 Å². The van der Waals surface area contributed by atoms with Crippen LogP contribution in [-0.2, 0) is 17.8 Å². The van der Waals surface area contributed by atoms with E-state index in [-0.39, 0.29) is 24.4 Å². The topological polar surface area (TPSA) is 69.6 Å². The summed E-state index contributed by atoms with van der Waals surface area (Å²) >= 11 is 12.3. The van der Waals surface area contributed by atoms with Gasteiger partial charge in [-0.15, -0.1) is 0 Å². The van der Waals surface area contributed by atoms with Crippen molar-refractivity contribution in [2.75, 3.05) is 6.54 Å². The number of benzene rings is 2. The minimum Gasteiger partial charge on any atom is -0.481 e. The van der Waals surface area contributed by atoms with E-state index < -0.39 is 5.97 Å². The van der Waals surface area contributed by atoms with Gasteiger partial charge in [0, 0.05) is 35.1 Å². The summed E-state index contributed by atoms with van der Waals surface area (Å²) in [7, 11) is 0. The van der Waals surface area contributed by atoms with Crippen LogP contribution in [0.25, 0.3) is 0 Å². The minimum atomic E-state index is -0.886. The number of halogens is 2. The molecule has 1 fully saturated rings. The molecule has 2 N–H and O–H groups in total. The summed E-state index contributed by atoms with van der Waals surface area (Å²) in [4.78, 5) is 25.6. The average Bonchev–Trinajstić information content (AvgIpc) is 2.63. The first kappa shape index (κ1) is 19.5. The molecule has 5 nitrogen and oxygen atoms in total. The Morgan fingerprint density at radius 3 is 2.59 bits per heavy atom. The monoisotopic (exact) mass is 406 g/mol.